The number of likely N-dealkylation sites (tertiary alicyclic amines) is 1. The number of piperidine rings is 1. The minimum atomic E-state index is -0.237. The van der Waals surface area contributed by atoms with Crippen LogP contribution in [-0.2, 0) is 11.3 Å². The van der Waals surface area contributed by atoms with Gasteiger partial charge in [0, 0.05) is 19.1 Å². The number of nitrogens with zero attached hydrogens (tertiary/aromatic N) is 2. The summed E-state index contributed by atoms with van der Waals surface area (Å²) in [6.07, 6.45) is 3.59. The Morgan fingerprint density at radius 2 is 2.11 bits per heavy atom. The molecule has 1 heterocycles. The van der Waals surface area contributed by atoms with E-state index in [1.807, 2.05) is 31.2 Å². The highest BCUT2D eigenvalue weighted by atomic mass is 16.6. The van der Waals surface area contributed by atoms with Crippen LogP contribution in [0.5, 0.6) is 5.75 Å². The molecule has 7 nitrogen and oxygen atoms in total. The lowest BCUT2D eigenvalue weighted by Gasteiger charge is -2.31. The maximum atomic E-state index is 11.7. The number of amides is 1. The predicted molar refractivity (Wildman–Crippen MR) is 107 cm³/mol. The van der Waals surface area contributed by atoms with Gasteiger partial charge in [-0.05, 0) is 43.9 Å². The van der Waals surface area contributed by atoms with Gasteiger partial charge in [-0.1, -0.05) is 25.5 Å². The summed E-state index contributed by atoms with van der Waals surface area (Å²) in [5.74, 6) is 1.30. The molecule has 1 aromatic carbocycles. The summed E-state index contributed by atoms with van der Waals surface area (Å²) in [6.45, 7) is 6.94. The zero-order valence-corrected chi connectivity index (χ0v) is 16.4. The average Bonchev–Trinajstić information content (AvgIpc) is 2.68. The number of hydrogen-bond acceptors (Lipinski definition) is 4. The van der Waals surface area contributed by atoms with E-state index in [-0.39, 0.29) is 12.1 Å². The normalized spacial score (nSPS) is 15.5. The third-order valence-corrected chi connectivity index (χ3v) is 4.47. The number of aliphatic imine (C=N–C) groups is 1. The molecule has 0 unspecified atom stereocenters. The molecule has 7 heteroatoms. The van der Waals surface area contributed by atoms with E-state index in [9.17, 15) is 4.79 Å². The quantitative estimate of drug-likeness (QED) is 0.414. The van der Waals surface area contributed by atoms with Crippen molar-refractivity contribution in [3.8, 4) is 5.75 Å². The van der Waals surface area contributed by atoms with Gasteiger partial charge in [0.2, 0.25) is 0 Å². The van der Waals surface area contributed by atoms with Gasteiger partial charge < -0.3 is 25.4 Å². The van der Waals surface area contributed by atoms with Crippen LogP contribution in [-0.4, -0.2) is 49.3 Å². The first-order valence-electron chi connectivity index (χ1n) is 9.82. The van der Waals surface area contributed by atoms with Crippen LogP contribution in [0.4, 0.5) is 4.79 Å². The molecule has 1 aliphatic heterocycles. The summed E-state index contributed by atoms with van der Waals surface area (Å²) in [5.41, 5.74) is 7.09. The Hall–Kier alpha value is -2.44. The molecule has 1 aliphatic rings. The van der Waals surface area contributed by atoms with Gasteiger partial charge in [0.05, 0.1) is 19.8 Å². The summed E-state index contributed by atoms with van der Waals surface area (Å²) in [6, 6.07) is 8.18. The van der Waals surface area contributed by atoms with Crippen molar-refractivity contribution in [1.29, 1.82) is 0 Å². The summed E-state index contributed by atoms with van der Waals surface area (Å²) in [4.78, 5) is 17.9. The summed E-state index contributed by atoms with van der Waals surface area (Å²) in [7, 11) is 0. The van der Waals surface area contributed by atoms with E-state index in [1.54, 1.807) is 4.90 Å². The predicted octanol–water partition coefficient (Wildman–Crippen LogP) is 2.89. The van der Waals surface area contributed by atoms with Crippen molar-refractivity contribution in [3.05, 3.63) is 29.8 Å². The molecule has 150 valence electrons. The number of carbonyl (C=O) groups is 1. The highest BCUT2D eigenvalue weighted by Crippen LogP contribution is 2.15. The molecule has 1 amide bonds. The van der Waals surface area contributed by atoms with Crippen LogP contribution < -0.4 is 15.8 Å². The first kappa shape index (κ1) is 20.9. The summed E-state index contributed by atoms with van der Waals surface area (Å²) < 4.78 is 10.8. The minimum absolute atomic E-state index is 0.225. The van der Waals surface area contributed by atoms with Crippen LogP contribution >= 0.6 is 0 Å². The molecule has 0 aromatic heterocycles. The van der Waals surface area contributed by atoms with E-state index >= 15 is 0 Å². The van der Waals surface area contributed by atoms with Crippen LogP contribution in [0.25, 0.3) is 0 Å². The zero-order valence-electron chi connectivity index (χ0n) is 16.4. The summed E-state index contributed by atoms with van der Waals surface area (Å²) >= 11 is 0. The number of hydrogen-bond donors (Lipinski definition) is 2. The molecule has 1 fully saturated rings. The van der Waals surface area contributed by atoms with Crippen molar-refractivity contribution in [3.63, 3.8) is 0 Å². The smallest absolute Gasteiger partial charge is 0.409 e. The van der Waals surface area contributed by atoms with Gasteiger partial charge in [0.15, 0.2) is 5.96 Å². The van der Waals surface area contributed by atoms with E-state index in [0.29, 0.717) is 32.2 Å². The maximum absolute atomic E-state index is 11.7. The third kappa shape index (κ3) is 7.37. The van der Waals surface area contributed by atoms with Crippen molar-refractivity contribution in [2.24, 2.45) is 10.7 Å². The van der Waals surface area contributed by atoms with E-state index in [4.69, 9.17) is 15.2 Å². The highest BCUT2D eigenvalue weighted by Gasteiger charge is 2.23. The second-order valence-corrected chi connectivity index (χ2v) is 6.66. The monoisotopic (exact) mass is 376 g/mol. The van der Waals surface area contributed by atoms with Gasteiger partial charge in [-0.15, -0.1) is 0 Å². The number of rotatable bonds is 8. The van der Waals surface area contributed by atoms with Crippen LogP contribution in [0.3, 0.4) is 0 Å². The van der Waals surface area contributed by atoms with E-state index in [2.05, 4.69) is 17.2 Å². The lowest BCUT2D eigenvalue weighted by Crippen LogP contribution is -2.48. The zero-order chi connectivity index (χ0) is 19.5. The Morgan fingerprint density at radius 3 is 2.81 bits per heavy atom. The fourth-order valence-electron chi connectivity index (χ4n) is 2.92. The SMILES string of the molecule is CCCCOc1cccc(CN=C(N)NC2CCN(C(=O)OCC)CC2)c1. The molecule has 0 atom stereocenters. The summed E-state index contributed by atoms with van der Waals surface area (Å²) in [5, 5.41) is 3.25. The minimum Gasteiger partial charge on any atom is -0.494 e. The van der Waals surface area contributed by atoms with E-state index in [0.717, 1.165) is 43.6 Å². The van der Waals surface area contributed by atoms with Crippen LogP contribution in [0, 0.1) is 0 Å². The van der Waals surface area contributed by atoms with E-state index in [1.165, 1.54) is 0 Å². The fourth-order valence-corrected chi connectivity index (χ4v) is 2.92. The van der Waals surface area contributed by atoms with Crippen molar-refractivity contribution in [1.82, 2.24) is 10.2 Å². The number of carbonyl (C=O) groups excluding carboxylic acids is 1. The van der Waals surface area contributed by atoms with Gasteiger partial charge >= 0.3 is 6.09 Å². The molecule has 27 heavy (non-hydrogen) atoms. The van der Waals surface area contributed by atoms with Crippen LogP contribution in [0.15, 0.2) is 29.3 Å². The number of ether oxygens (including phenoxy) is 2. The first-order valence-corrected chi connectivity index (χ1v) is 9.82. The Balaban J connectivity index is 1.76. The molecule has 3 N–H and O–H groups in total. The van der Waals surface area contributed by atoms with Crippen molar-refractivity contribution in [2.45, 2.75) is 52.1 Å². The van der Waals surface area contributed by atoms with Crippen LogP contribution in [0.1, 0.15) is 45.1 Å². The Morgan fingerprint density at radius 1 is 1.33 bits per heavy atom. The number of guanidine groups is 1. The number of nitrogens with two attached hydrogens (primary N) is 1. The van der Waals surface area contributed by atoms with Crippen molar-refractivity contribution in [2.75, 3.05) is 26.3 Å². The first-order chi connectivity index (χ1) is 13.1. The molecule has 0 bridgehead atoms. The maximum Gasteiger partial charge on any atom is 0.409 e. The van der Waals surface area contributed by atoms with Crippen molar-refractivity contribution >= 4 is 12.1 Å². The van der Waals surface area contributed by atoms with Gasteiger partial charge in [-0.25, -0.2) is 9.79 Å². The molecule has 0 radical (unpaired) electrons. The second kappa shape index (κ2) is 11.3. The molecule has 0 saturated carbocycles. The molecular weight excluding hydrogens is 344 g/mol. The molecule has 2 rings (SSSR count). The van der Waals surface area contributed by atoms with Gasteiger partial charge in [0.1, 0.15) is 5.75 Å². The fraction of sp³-hybridized carbons (Fsp3) is 0.600. The number of unbranched alkanes of at least 4 members (excludes halogenated alkanes) is 1. The largest absolute Gasteiger partial charge is 0.494 e. The Kier molecular flexibility index (Phi) is 8.74. The second-order valence-electron chi connectivity index (χ2n) is 6.66. The molecule has 0 aliphatic carbocycles. The molecule has 1 aromatic rings. The van der Waals surface area contributed by atoms with Crippen molar-refractivity contribution < 1.29 is 14.3 Å². The van der Waals surface area contributed by atoms with E-state index < -0.39 is 0 Å². The highest BCUT2D eigenvalue weighted by molar-refractivity contribution is 5.78. The van der Waals surface area contributed by atoms with Crippen LogP contribution in [0.2, 0.25) is 0 Å². The molecule has 0 spiro atoms. The third-order valence-electron chi connectivity index (χ3n) is 4.47. The number of benzene rings is 1. The van der Waals surface area contributed by atoms with Gasteiger partial charge in [-0.2, -0.15) is 0 Å². The topological polar surface area (TPSA) is 89.2 Å². The van der Waals surface area contributed by atoms with Gasteiger partial charge in [0.25, 0.3) is 0 Å². The lowest BCUT2D eigenvalue weighted by atomic mass is 10.1. The average molecular weight is 377 g/mol. The Labute approximate surface area is 161 Å². The molecule has 1 saturated heterocycles. The number of nitrogens with one attached hydrogen (secondary N) is 1. The Bertz CT molecular complexity index is 613. The van der Waals surface area contributed by atoms with Gasteiger partial charge in [-0.3, -0.25) is 0 Å². The lowest BCUT2D eigenvalue weighted by molar-refractivity contribution is 0.0963. The molecular formula is C20H32N4O3. The standard InChI is InChI=1S/C20H32N4O3/c1-3-5-13-27-18-8-6-7-16(14-18)15-22-19(21)23-17-9-11-24(12-10-17)20(25)26-4-2/h6-8,14,17H,3-5,9-13,15H2,1-2H3,(H3,21,22,23).